The van der Waals surface area contributed by atoms with E-state index >= 15 is 0 Å². The Morgan fingerprint density at radius 2 is 1.93 bits per heavy atom. The summed E-state index contributed by atoms with van der Waals surface area (Å²) in [5, 5.41) is 1.29. The van der Waals surface area contributed by atoms with E-state index in [0.29, 0.717) is 0 Å². The average molecular weight is 188 g/mol. The summed E-state index contributed by atoms with van der Waals surface area (Å²) in [6, 6.07) is 4.25. The zero-order chi connectivity index (χ0) is 10.3. The van der Waals surface area contributed by atoms with Gasteiger partial charge in [-0.15, -0.1) is 0 Å². The molecule has 0 fully saturated rings. The van der Waals surface area contributed by atoms with E-state index in [4.69, 9.17) is 0 Å². The predicted molar refractivity (Wildman–Crippen MR) is 59.6 cm³/mol. The monoisotopic (exact) mass is 188 g/mol. The molecule has 0 aromatic carbocycles. The Morgan fingerprint density at radius 3 is 2.57 bits per heavy atom. The van der Waals surface area contributed by atoms with Gasteiger partial charge in [-0.1, -0.05) is 0 Å². The molecule has 2 aromatic rings. The van der Waals surface area contributed by atoms with Crippen molar-refractivity contribution < 1.29 is 0 Å². The molecule has 0 aliphatic heterocycles. The van der Waals surface area contributed by atoms with Crippen molar-refractivity contribution in [1.82, 2.24) is 9.55 Å². The highest BCUT2D eigenvalue weighted by Gasteiger charge is 2.10. The van der Waals surface area contributed by atoms with Gasteiger partial charge in [0.2, 0.25) is 0 Å². The van der Waals surface area contributed by atoms with Gasteiger partial charge >= 0.3 is 0 Å². The molecule has 74 valence electrons. The minimum atomic E-state index is 0.993. The lowest BCUT2D eigenvalue weighted by atomic mass is 10.2. The van der Waals surface area contributed by atoms with Crippen molar-refractivity contribution >= 4 is 11.0 Å². The van der Waals surface area contributed by atoms with Crippen LogP contribution < -0.4 is 0 Å². The van der Waals surface area contributed by atoms with Crippen LogP contribution in [-0.2, 0) is 6.54 Å². The maximum atomic E-state index is 4.59. The summed E-state index contributed by atoms with van der Waals surface area (Å²) in [4.78, 5) is 4.59. The smallest absolute Gasteiger partial charge is 0.140 e. The quantitative estimate of drug-likeness (QED) is 0.672. The summed E-state index contributed by atoms with van der Waals surface area (Å²) >= 11 is 0. The predicted octanol–water partition coefficient (Wildman–Crippen LogP) is 2.98. The van der Waals surface area contributed by atoms with Gasteiger partial charge in [-0.05, 0) is 45.4 Å². The van der Waals surface area contributed by atoms with Crippen molar-refractivity contribution in [3.8, 4) is 0 Å². The number of hydrogen-bond donors (Lipinski definition) is 0. The first kappa shape index (κ1) is 9.25. The first-order valence-corrected chi connectivity index (χ1v) is 5.08. The second-order valence-corrected chi connectivity index (χ2v) is 3.78. The molecular weight excluding hydrogens is 172 g/mol. The molecule has 0 unspecified atom stereocenters. The third kappa shape index (κ3) is 1.14. The third-order valence-electron chi connectivity index (χ3n) is 2.94. The van der Waals surface area contributed by atoms with Crippen molar-refractivity contribution in [3.05, 3.63) is 29.1 Å². The van der Waals surface area contributed by atoms with Crippen LogP contribution in [0.2, 0.25) is 0 Å². The normalized spacial score (nSPS) is 11.1. The van der Waals surface area contributed by atoms with E-state index in [1.165, 1.54) is 16.6 Å². The number of aryl methyl sites for hydroxylation is 3. The molecule has 2 heteroatoms. The number of pyridine rings is 1. The SMILES string of the molecule is CCn1c(C)c(C)c2ccc(C)nc21. The fourth-order valence-corrected chi connectivity index (χ4v) is 1.98. The molecule has 0 bridgehead atoms. The van der Waals surface area contributed by atoms with Crippen LogP contribution in [0.4, 0.5) is 0 Å². The Hall–Kier alpha value is -1.31. The second-order valence-electron chi connectivity index (χ2n) is 3.78. The van der Waals surface area contributed by atoms with E-state index in [1.807, 2.05) is 6.92 Å². The van der Waals surface area contributed by atoms with Crippen LogP contribution in [0.3, 0.4) is 0 Å². The summed E-state index contributed by atoms with van der Waals surface area (Å²) < 4.78 is 2.28. The molecule has 2 aromatic heterocycles. The lowest BCUT2D eigenvalue weighted by molar-refractivity contribution is 0.756. The summed E-state index contributed by atoms with van der Waals surface area (Å²) in [6.45, 7) is 9.52. The van der Waals surface area contributed by atoms with Gasteiger partial charge in [0.15, 0.2) is 0 Å². The van der Waals surface area contributed by atoms with E-state index < -0.39 is 0 Å². The van der Waals surface area contributed by atoms with Gasteiger partial charge in [0.25, 0.3) is 0 Å². The summed E-state index contributed by atoms with van der Waals surface area (Å²) in [5.41, 5.74) is 4.90. The molecule has 2 nitrogen and oxygen atoms in total. The number of hydrogen-bond acceptors (Lipinski definition) is 1. The Morgan fingerprint density at radius 1 is 1.21 bits per heavy atom. The number of aromatic nitrogens is 2. The fourth-order valence-electron chi connectivity index (χ4n) is 1.98. The number of fused-ring (bicyclic) bond motifs is 1. The van der Waals surface area contributed by atoms with Crippen LogP contribution in [-0.4, -0.2) is 9.55 Å². The van der Waals surface area contributed by atoms with Crippen LogP contribution >= 0.6 is 0 Å². The van der Waals surface area contributed by atoms with E-state index in [-0.39, 0.29) is 0 Å². The van der Waals surface area contributed by atoms with Crippen LogP contribution in [0, 0.1) is 20.8 Å². The molecule has 0 aliphatic carbocycles. The van der Waals surface area contributed by atoms with Crippen molar-refractivity contribution in [1.29, 1.82) is 0 Å². The summed E-state index contributed by atoms with van der Waals surface area (Å²) in [5.74, 6) is 0. The van der Waals surface area contributed by atoms with Gasteiger partial charge in [0.05, 0.1) is 0 Å². The molecule has 2 heterocycles. The second kappa shape index (κ2) is 3.12. The first-order chi connectivity index (χ1) is 6.65. The minimum absolute atomic E-state index is 0.993. The molecule has 14 heavy (non-hydrogen) atoms. The van der Waals surface area contributed by atoms with Gasteiger partial charge in [-0.2, -0.15) is 0 Å². The molecule has 0 radical (unpaired) electrons. The molecule has 0 amide bonds. The molecule has 0 aliphatic rings. The summed E-state index contributed by atoms with van der Waals surface area (Å²) in [6.07, 6.45) is 0. The maximum Gasteiger partial charge on any atom is 0.140 e. The van der Waals surface area contributed by atoms with E-state index in [2.05, 4.69) is 42.5 Å². The van der Waals surface area contributed by atoms with Crippen molar-refractivity contribution in [3.63, 3.8) is 0 Å². The maximum absolute atomic E-state index is 4.59. The fraction of sp³-hybridized carbons (Fsp3) is 0.417. The van der Waals surface area contributed by atoms with Gasteiger partial charge in [0, 0.05) is 23.3 Å². The van der Waals surface area contributed by atoms with E-state index in [9.17, 15) is 0 Å². The molecular formula is C12H16N2. The van der Waals surface area contributed by atoms with Gasteiger partial charge in [-0.25, -0.2) is 4.98 Å². The number of nitrogens with zero attached hydrogens (tertiary/aromatic N) is 2. The minimum Gasteiger partial charge on any atom is -0.330 e. The van der Waals surface area contributed by atoms with Crippen LogP contribution in [0.5, 0.6) is 0 Å². The van der Waals surface area contributed by atoms with Crippen LogP contribution in [0.1, 0.15) is 23.9 Å². The molecule has 2 rings (SSSR count). The molecule has 0 spiro atoms. The van der Waals surface area contributed by atoms with Gasteiger partial charge in [-0.3, -0.25) is 0 Å². The molecule has 0 saturated carbocycles. The lowest BCUT2D eigenvalue weighted by Crippen LogP contribution is -1.98. The van der Waals surface area contributed by atoms with E-state index in [1.54, 1.807) is 0 Å². The van der Waals surface area contributed by atoms with Gasteiger partial charge < -0.3 is 4.57 Å². The Kier molecular flexibility index (Phi) is 2.06. The Balaban J connectivity index is 2.89. The zero-order valence-corrected chi connectivity index (χ0v) is 9.26. The highest BCUT2D eigenvalue weighted by Crippen LogP contribution is 2.23. The molecule has 0 saturated heterocycles. The van der Waals surface area contributed by atoms with Crippen molar-refractivity contribution in [2.24, 2.45) is 0 Å². The highest BCUT2D eigenvalue weighted by molar-refractivity contribution is 5.82. The summed E-state index contributed by atoms with van der Waals surface area (Å²) in [7, 11) is 0. The number of rotatable bonds is 1. The topological polar surface area (TPSA) is 17.8 Å². The Labute approximate surface area is 84.6 Å². The zero-order valence-electron chi connectivity index (χ0n) is 9.26. The standard InChI is InChI=1S/C12H16N2/c1-5-14-10(4)9(3)11-7-6-8(2)13-12(11)14/h6-7H,5H2,1-4H3. The van der Waals surface area contributed by atoms with Crippen LogP contribution in [0.15, 0.2) is 12.1 Å². The van der Waals surface area contributed by atoms with E-state index in [0.717, 1.165) is 17.9 Å². The first-order valence-electron chi connectivity index (χ1n) is 5.08. The largest absolute Gasteiger partial charge is 0.330 e. The van der Waals surface area contributed by atoms with Crippen molar-refractivity contribution in [2.75, 3.05) is 0 Å². The Bertz CT molecular complexity index is 481. The van der Waals surface area contributed by atoms with Gasteiger partial charge in [0.1, 0.15) is 5.65 Å². The molecule has 0 N–H and O–H groups in total. The lowest BCUT2D eigenvalue weighted by Gasteiger charge is -2.02. The highest BCUT2D eigenvalue weighted by atomic mass is 15.0. The van der Waals surface area contributed by atoms with Crippen LogP contribution in [0.25, 0.3) is 11.0 Å². The third-order valence-corrected chi connectivity index (χ3v) is 2.94. The van der Waals surface area contributed by atoms with Crippen molar-refractivity contribution in [2.45, 2.75) is 34.2 Å². The molecule has 0 atom stereocenters. The average Bonchev–Trinajstić information content (AvgIpc) is 2.39.